The summed E-state index contributed by atoms with van der Waals surface area (Å²) in [5.74, 6) is -2.71. The molecule has 0 aliphatic carbocycles. The highest BCUT2D eigenvalue weighted by atomic mass is 32.2. The third-order valence-electron chi connectivity index (χ3n) is 4.14. The minimum atomic E-state index is -3.77. The first kappa shape index (κ1) is 18.6. The summed E-state index contributed by atoms with van der Waals surface area (Å²) in [5.41, 5.74) is 5.91. The molecule has 0 bridgehead atoms. The molecule has 1 aliphatic heterocycles. The van der Waals surface area contributed by atoms with Crippen LogP contribution < -0.4 is 15.4 Å². The average molecular weight is 387 g/mol. The van der Waals surface area contributed by atoms with Gasteiger partial charge in [-0.2, -0.15) is 0 Å². The Balaban J connectivity index is 1.92. The van der Waals surface area contributed by atoms with Gasteiger partial charge in [-0.1, -0.05) is 25.1 Å². The monoisotopic (exact) mass is 387 g/mol. The number of primary amides is 1. The highest BCUT2D eigenvalue weighted by Gasteiger charge is 2.42. The highest BCUT2D eigenvalue weighted by molar-refractivity contribution is 7.94. The van der Waals surface area contributed by atoms with Crippen molar-refractivity contribution in [3.8, 4) is 0 Å². The number of amides is 3. The van der Waals surface area contributed by atoms with Crippen LogP contribution in [0.1, 0.15) is 27.6 Å². The zero-order chi connectivity index (χ0) is 19.8. The summed E-state index contributed by atoms with van der Waals surface area (Å²) < 4.78 is 25.2. The van der Waals surface area contributed by atoms with Gasteiger partial charge < -0.3 is 11.1 Å². The molecule has 2 aromatic carbocycles. The maximum Gasteiger partial charge on any atom is 0.255 e. The number of benzene rings is 2. The van der Waals surface area contributed by atoms with E-state index in [1.165, 1.54) is 43.3 Å². The van der Waals surface area contributed by atoms with E-state index in [1.807, 2.05) is 0 Å². The van der Waals surface area contributed by atoms with Gasteiger partial charge in [-0.3, -0.25) is 14.4 Å². The van der Waals surface area contributed by atoms with E-state index in [9.17, 15) is 22.8 Å². The lowest BCUT2D eigenvalue weighted by Gasteiger charge is -2.16. The fraction of sp³-hybridized carbons (Fsp3) is 0.167. The van der Waals surface area contributed by atoms with E-state index < -0.39 is 33.7 Å². The quantitative estimate of drug-likeness (QED) is 0.819. The second-order valence-electron chi connectivity index (χ2n) is 6.20. The van der Waals surface area contributed by atoms with Crippen LogP contribution in [0.25, 0.3) is 0 Å². The minimum absolute atomic E-state index is 0.0974. The molecule has 0 saturated carbocycles. The van der Waals surface area contributed by atoms with E-state index in [-0.39, 0.29) is 28.3 Å². The molecule has 2 aromatic rings. The molecule has 0 spiro atoms. The number of nitrogens with two attached hydrogens (primary N) is 1. The molecular formula is C18H17N3O5S. The summed E-state index contributed by atoms with van der Waals surface area (Å²) in [6.07, 6.45) is 0. The van der Waals surface area contributed by atoms with Gasteiger partial charge >= 0.3 is 0 Å². The first-order valence-electron chi connectivity index (χ1n) is 8.08. The molecule has 1 heterocycles. The molecule has 3 rings (SSSR count). The summed E-state index contributed by atoms with van der Waals surface area (Å²) in [5, 5.41) is 2.57. The minimum Gasteiger partial charge on any atom is -0.366 e. The maximum atomic E-state index is 12.5. The largest absolute Gasteiger partial charge is 0.366 e. The summed E-state index contributed by atoms with van der Waals surface area (Å²) in [7, 11) is -3.77. The maximum absolute atomic E-state index is 12.5. The molecule has 1 aliphatic rings. The molecule has 140 valence electrons. The summed E-state index contributed by atoms with van der Waals surface area (Å²) in [6, 6.07) is 12.0. The molecular weight excluding hydrogens is 370 g/mol. The topological polar surface area (TPSA) is 127 Å². The number of nitrogens with zero attached hydrogens (tertiary/aromatic N) is 1. The van der Waals surface area contributed by atoms with Crippen molar-refractivity contribution in [3.63, 3.8) is 0 Å². The van der Waals surface area contributed by atoms with Gasteiger partial charge in [0.2, 0.25) is 15.9 Å². The van der Waals surface area contributed by atoms with Gasteiger partial charge in [0.15, 0.2) is 0 Å². The van der Waals surface area contributed by atoms with Gasteiger partial charge in [-0.05, 0) is 30.3 Å². The molecule has 1 atom stereocenters. The molecule has 0 aromatic heterocycles. The molecule has 3 N–H and O–H groups in total. The first-order chi connectivity index (χ1) is 12.7. The molecule has 27 heavy (non-hydrogen) atoms. The summed E-state index contributed by atoms with van der Waals surface area (Å²) in [4.78, 5) is 36.2. The van der Waals surface area contributed by atoms with Crippen molar-refractivity contribution >= 4 is 39.1 Å². The Kier molecular flexibility index (Phi) is 4.71. The van der Waals surface area contributed by atoms with Gasteiger partial charge in [-0.25, -0.2) is 12.7 Å². The van der Waals surface area contributed by atoms with Crippen molar-refractivity contribution in [2.75, 3.05) is 15.4 Å². The number of anilines is 2. The second-order valence-corrected chi connectivity index (χ2v) is 8.06. The number of hydrogen-bond donors (Lipinski definition) is 2. The SMILES string of the molecule is C[C@@H]1CS(=O)(=O)N(c2cccc(C(=O)Nc3ccccc3C(N)=O)c2)C1=O. The lowest BCUT2D eigenvalue weighted by molar-refractivity contribution is -0.119. The molecule has 1 fully saturated rings. The first-order valence-corrected chi connectivity index (χ1v) is 9.69. The number of carbonyl (C=O) groups excluding carboxylic acids is 3. The van der Waals surface area contributed by atoms with Crippen molar-refractivity contribution in [3.05, 3.63) is 59.7 Å². The van der Waals surface area contributed by atoms with E-state index in [4.69, 9.17) is 5.73 Å². The Morgan fingerprint density at radius 1 is 1.15 bits per heavy atom. The number of nitrogens with one attached hydrogen (secondary N) is 1. The zero-order valence-electron chi connectivity index (χ0n) is 14.4. The second kappa shape index (κ2) is 6.84. The van der Waals surface area contributed by atoms with Crippen LogP contribution in [-0.4, -0.2) is 31.9 Å². The van der Waals surface area contributed by atoms with E-state index in [1.54, 1.807) is 12.1 Å². The molecule has 1 saturated heterocycles. The number of hydrogen-bond acceptors (Lipinski definition) is 5. The van der Waals surface area contributed by atoms with Crippen LogP contribution in [0.15, 0.2) is 48.5 Å². The fourth-order valence-electron chi connectivity index (χ4n) is 2.86. The van der Waals surface area contributed by atoms with Crippen LogP contribution in [0.5, 0.6) is 0 Å². The summed E-state index contributed by atoms with van der Waals surface area (Å²) >= 11 is 0. The van der Waals surface area contributed by atoms with Crippen LogP contribution in [0.4, 0.5) is 11.4 Å². The standard InChI is InChI=1S/C18H17N3O5S/c1-11-10-27(25,26)21(18(11)24)13-6-4-5-12(9-13)17(23)20-15-8-3-2-7-14(15)16(19)22/h2-9,11H,10H2,1H3,(H2,19,22)(H,20,23)/t11-/m1/s1. The fourth-order valence-corrected chi connectivity index (χ4v) is 4.67. The number of rotatable bonds is 4. The third-order valence-corrected chi connectivity index (χ3v) is 6.01. The van der Waals surface area contributed by atoms with Gasteiger partial charge in [0.05, 0.1) is 28.6 Å². The van der Waals surface area contributed by atoms with Crippen LogP contribution in [0, 0.1) is 5.92 Å². The van der Waals surface area contributed by atoms with Crippen LogP contribution in [0.3, 0.4) is 0 Å². The van der Waals surface area contributed by atoms with E-state index in [2.05, 4.69) is 5.32 Å². The van der Waals surface area contributed by atoms with E-state index in [0.717, 1.165) is 4.31 Å². The Bertz CT molecular complexity index is 1050. The molecule has 0 radical (unpaired) electrons. The van der Waals surface area contributed by atoms with E-state index in [0.29, 0.717) is 0 Å². The van der Waals surface area contributed by atoms with Crippen LogP contribution >= 0.6 is 0 Å². The van der Waals surface area contributed by atoms with Crippen molar-refractivity contribution in [1.29, 1.82) is 0 Å². The zero-order valence-corrected chi connectivity index (χ0v) is 15.2. The third kappa shape index (κ3) is 3.54. The molecule has 3 amide bonds. The van der Waals surface area contributed by atoms with Gasteiger partial charge in [0.1, 0.15) is 0 Å². The molecule has 8 nitrogen and oxygen atoms in total. The molecule has 0 unspecified atom stereocenters. The Labute approximate surface area is 156 Å². The van der Waals surface area contributed by atoms with E-state index >= 15 is 0 Å². The lowest BCUT2D eigenvalue weighted by atomic mass is 10.1. The van der Waals surface area contributed by atoms with Crippen molar-refractivity contribution in [2.24, 2.45) is 11.7 Å². The number of carbonyl (C=O) groups is 3. The Morgan fingerprint density at radius 3 is 2.48 bits per heavy atom. The van der Waals surface area contributed by atoms with Gasteiger partial charge in [-0.15, -0.1) is 0 Å². The normalized spacial score (nSPS) is 18.3. The lowest BCUT2D eigenvalue weighted by Crippen LogP contribution is -2.30. The summed E-state index contributed by atoms with van der Waals surface area (Å²) in [6.45, 7) is 1.54. The highest BCUT2D eigenvalue weighted by Crippen LogP contribution is 2.29. The van der Waals surface area contributed by atoms with Gasteiger partial charge in [0.25, 0.3) is 11.8 Å². The molecule has 9 heteroatoms. The van der Waals surface area contributed by atoms with Crippen molar-refractivity contribution in [2.45, 2.75) is 6.92 Å². The van der Waals surface area contributed by atoms with Gasteiger partial charge in [0, 0.05) is 5.56 Å². The van der Waals surface area contributed by atoms with Crippen LogP contribution in [0.2, 0.25) is 0 Å². The van der Waals surface area contributed by atoms with Crippen molar-refractivity contribution in [1.82, 2.24) is 0 Å². The Morgan fingerprint density at radius 2 is 1.85 bits per heavy atom. The van der Waals surface area contributed by atoms with Crippen LogP contribution in [-0.2, 0) is 14.8 Å². The number of sulfonamides is 1. The smallest absolute Gasteiger partial charge is 0.255 e. The van der Waals surface area contributed by atoms with Crippen molar-refractivity contribution < 1.29 is 22.8 Å². The Hall–Kier alpha value is -3.20. The number of para-hydroxylation sites is 1. The predicted molar refractivity (Wildman–Crippen MR) is 99.8 cm³/mol. The average Bonchev–Trinajstić information content (AvgIpc) is 2.82. The predicted octanol–water partition coefficient (Wildman–Crippen LogP) is 1.35.